The summed E-state index contributed by atoms with van der Waals surface area (Å²) in [6.45, 7) is 6.19. The summed E-state index contributed by atoms with van der Waals surface area (Å²) >= 11 is 0. The fourth-order valence-corrected chi connectivity index (χ4v) is 5.50. The average molecular weight is 395 g/mol. The Morgan fingerprint density at radius 1 is 1.21 bits per heavy atom. The van der Waals surface area contributed by atoms with Crippen molar-refractivity contribution in [3.63, 3.8) is 0 Å². The zero-order valence-electron chi connectivity index (χ0n) is 17.1. The molecule has 3 aliphatic rings. The van der Waals surface area contributed by atoms with Crippen molar-refractivity contribution in [3.8, 4) is 0 Å². The maximum Gasteiger partial charge on any atom is 0.317 e. The molecule has 7 heteroatoms. The molecule has 154 valence electrons. The minimum absolute atomic E-state index is 0.0903. The second kappa shape index (κ2) is 7.44. The first-order valence-electron chi connectivity index (χ1n) is 10.8. The van der Waals surface area contributed by atoms with Crippen molar-refractivity contribution in [2.24, 2.45) is 5.92 Å². The highest BCUT2D eigenvalue weighted by atomic mass is 16.2. The normalized spacial score (nSPS) is 27.5. The van der Waals surface area contributed by atoms with Gasteiger partial charge in [-0.15, -0.1) is 0 Å². The van der Waals surface area contributed by atoms with Gasteiger partial charge in [0.05, 0.1) is 5.41 Å². The highest BCUT2D eigenvalue weighted by molar-refractivity contribution is 5.75. The lowest BCUT2D eigenvalue weighted by Gasteiger charge is -2.27. The van der Waals surface area contributed by atoms with Crippen molar-refractivity contribution >= 4 is 6.03 Å². The molecule has 2 aliphatic heterocycles. The second-order valence-corrected chi connectivity index (χ2v) is 9.06. The molecule has 0 radical (unpaired) electrons. The molecule has 1 aromatic heterocycles. The van der Waals surface area contributed by atoms with Crippen molar-refractivity contribution in [2.75, 3.05) is 26.2 Å². The molecule has 0 spiro atoms. The van der Waals surface area contributed by atoms with Crippen LogP contribution in [0.4, 0.5) is 4.79 Å². The monoisotopic (exact) mass is 394 g/mol. The van der Waals surface area contributed by atoms with E-state index in [1.165, 1.54) is 18.4 Å². The number of aryl methyl sites for hydroxylation is 1. The Morgan fingerprint density at radius 2 is 2.00 bits per heavy atom. The maximum absolute atomic E-state index is 12.9. The van der Waals surface area contributed by atoms with E-state index in [1.54, 1.807) is 0 Å². The van der Waals surface area contributed by atoms with E-state index in [0.717, 1.165) is 50.7 Å². The van der Waals surface area contributed by atoms with Crippen molar-refractivity contribution in [1.29, 1.82) is 0 Å². The molecule has 7 nitrogen and oxygen atoms in total. The number of fused-ring (bicyclic) bond motifs is 1. The van der Waals surface area contributed by atoms with Gasteiger partial charge in [0, 0.05) is 44.7 Å². The van der Waals surface area contributed by atoms with E-state index in [1.807, 2.05) is 11.8 Å². The number of rotatable bonds is 4. The molecule has 2 N–H and O–H groups in total. The third-order valence-corrected chi connectivity index (χ3v) is 6.94. The molecule has 2 amide bonds. The van der Waals surface area contributed by atoms with Crippen molar-refractivity contribution in [2.45, 2.75) is 50.6 Å². The van der Waals surface area contributed by atoms with Gasteiger partial charge in [0.15, 0.2) is 5.82 Å². The predicted molar refractivity (Wildman–Crippen MR) is 110 cm³/mol. The number of benzene rings is 1. The molecule has 3 heterocycles. The van der Waals surface area contributed by atoms with E-state index in [4.69, 9.17) is 4.98 Å². The summed E-state index contributed by atoms with van der Waals surface area (Å²) in [5.74, 6) is 2.06. The maximum atomic E-state index is 12.9. The molecule has 2 saturated heterocycles. The zero-order chi connectivity index (χ0) is 19.8. The molecule has 0 bridgehead atoms. The van der Waals surface area contributed by atoms with Gasteiger partial charge in [-0.1, -0.05) is 43.2 Å². The average Bonchev–Trinajstić information content (AvgIpc) is 3.46. The van der Waals surface area contributed by atoms with Crippen LogP contribution in [0.1, 0.15) is 42.9 Å². The Labute approximate surface area is 171 Å². The third kappa shape index (κ3) is 3.52. The lowest BCUT2D eigenvalue weighted by atomic mass is 9.80. The number of likely N-dealkylation sites (tertiary alicyclic amines) is 2. The number of aromatic amines is 1. The molecule has 1 aliphatic carbocycles. The van der Waals surface area contributed by atoms with Crippen molar-refractivity contribution < 1.29 is 4.79 Å². The molecular weight excluding hydrogens is 364 g/mol. The molecule has 1 aromatic carbocycles. The number of nitrogens with zero attached hydrogens (tertiary/aromatic N) is 4. The Balaban J connectivity index is 1.34. The number of hydrogen-bond acceptors (Lipinski definition) is 4. The summed E-state index contributed by atoms with van der Waals surface area (Å²) < 4.78 is 0. The highest BCUT2D eigenvalue weighted by Gasteiger charge is 2.56. The van der Waals surface area contributed by atoms with E-state index < -0.39 is 0 Å². The van der Waals surface area contributed by atoms with E-state index in [2.05, 4.69) is 50.7 Å². The van der Waals surface area contributed by atoms with Crippen LogP contribution >= 0.6 is 0 Å². The number of hydrogen-bond donors (Lipinski definition) is 2. The molecule has 5 rings (SSSR count). The first-order chi connectivity index (χ1) is 14.1. The van der Waals surface area contributed by atoms with Gasteiger partial charge in [0.2, 0.25) is 0 Å². The van der Waals surface area contributed by atoms with Crippen LogP contribution in [0.2, 0.25) is 0 Å². The van der Waals surface area contributed by atoms with Crippen LogP contribution in [-0.4, -0.2) is 63.2 Å². The number of H-pyrrole nitrogens is 1. The molecule has 1 saturated carbocycles. The van der Waals surface area contributed by atoms with Crippen LogP contribution in [0, 0.1) is 12.8 Å². The van der Waals surface area contributed by atoms with Gasteiger partial charge in [-0.3, -0.25) is 10.00 Å². The molecule has 3 fully saturated rings. The molecule has 2 atom stereocenters. The summed E-state index contributed by atoms with van der Waals surface area (Å²) in [6, 6.07) is 11.0. The number of amides is 2. The second-order valence-electron chi connectivity index (χ2n) is 9.06. The van der Waals surface area contributed by atoms with Crippen molar-refractivity contribution in [3.05, 3.63) is 47.5 Å². The van der Waals surface area contributed by atoms with Crippen LogP contribution in [0.3, 0.4) is 0 Å². The van der Waals surface area contributed by atoms with Crippen LogP contribution in [0.25, 0.3) is 0 Å². The SMILES string of the molecule is Cc1nc([C@]23CN(Cc4ccccc4)C[C@H]2CN(C(=O)NC2CCCC2)C3)n[nH]1. The van der Waals surface area contributed by atoms with E-state index in [9.17, 15) is 4.79 Å². The molecular formula is C22H30N6O. The lowest BCUT2D eigenvalue weighted by Crippen LogP contribution is -2.46. The van der Waals surface area contributed by atoms with Crippen LogP contribution < -0.4 is 5.32 Å². The van der Waals surface area contributed by atoms with E-state index in [-0.39, 0.29) is 11.4 Å². The topological polar surface area (TPSA) is 77.2 Å². The van der Waals surface area contributed by atoms with E-state index in [0.29, 0.717) is 18.5 Å². The zero-order valence-corrected chi connectivity index (χ0v) is 17.1. The van der Waals surface area contributed by atoms with Gasteiger partial charge in [0.1, 0.15) is 5.82 Å². The lowest BCUT2D eigenvalue weighted by molar-refractivity contribution is 0.192. The van der Waals surface area contributed by atoms with Gasteiger partial charge in [-0.25, -0.2) is 9.78 Å². The summed E-state index contributed by atoms with van der Waals surface area (Å²) in [5.41, 5.74) is 1.14. The summed E-state index contributed by atoms with van der Waals surface area (Å²) in [6.07, 6.45) is 4.67. The fourth-order valence-electron chi connectivity index (χ4n) is 5.50. The minimum Gasteiger partial charge on any atom is -0.335 e. The van der Waals surface area contributed by atoms with Crippen LogP contribution in [0.5, 0.6) is 0 Å². The smallest absolute Gasteiger partial charge is 0.317 e. The van der Waals surface area contributed by atoms with Gasteiger partial charge >= 0.3 is 6.03 Å². The summed E-state index contributed by atoms with van der Waals surface area (Å²) in [5, 5.41) is 10.8. The fraction of sp³-hybridized carbons (Fsp3) is 0.591. The number of aromatic nitrogens is 3. The van der Waals surface area contributed by atoms with Gasteiger partial charge < -0.3 is 10.2 Å². The Bertz CT molecular complexity index is 861. The van der Waals surface area contributed by atoms with Crippen LogP contribution in [-0.2, 0) is 12.0 Å². The standard InChI is InChI=1S/C22H30N6O/c1-16-23-20(26-25-16)22-14-27(11-17-7-3-2-4-8-17)12-18(22)13-28(15-22)21(29)24-19-9-5-6-10-19/h2-4,7-8,18-19H,5-6,9-15H2,1H3,(H,24,29)(H,23,25,26)/t18-,22-/m0/s1. The molecule has 29 heavy (non-hydrogen) atoms. The first-order valence-corrected chi connectivity index (χ1v) is 10.8. The quantitative estimate of drug-likeness (QED) is 0.835. The number of carbonyl (C=O) groups is 1. The van der Waals surface area contributed by atoms with Gasteiger partial charge in [-0.2, -0.15) is 5.10 Å². The Kier molecular flexibility index (Phi) is 4.78. The van der Waals surface area contributed by atoms with Gasteiger partial charge in [-0.05, 0) is 25.3 Å². The van der Waals surface area contributed by atoms with Gasteiger partial charge in [0.25, 0.3) is 0 Å². The first kappa shape index (κ1) is 18.6. The molecule has 2 aromatic rings. The Morgan fingerprint density at radius 3 is 2.72 bits per heavy atom. The van der Waals surface area contributed by atoms with Crippen LogP contribution in [0.15, 0.2) is 30.3 Å². The molecule has 0 unspecified atom stereocenters. The van der Waals surface area contributed by atoms with E-state index >= 15 is 0 Å². The summed E-state index contributed by atoms with van der Waals surface area (Å²) in [7, 11) is 0. The number of urea groups is 1. The third-order valence-electron chi connectivity index (χ3n) is 6.94. The summed E-state index contributed by atoms with van der Waals surface area (Å²) in [4.78, 5) is 22.2. The minimum atomic E-state index is -0.188. The largest absolute Gasteiger partial charge is 0.335 e. The number of nitrogens with one attached hydrogen (secondary N) is 2. The highest BCUT2D eigenvalue weighted by Crippen LogP contribution is 2.44. The number of carbonyl (C=O) groups excluding carboxylic acids is 1. The predicted octanol–water partition coefficient (Wildman–Crippen LogP) is 2.45. The van der Waals surface area contributed by atoms with Crippen molar-refractivity contribution in [1.82, 2.24) is 30.3 Å². The Hall–Kier alpha value is -2.41.